The third-order valence-corrected chi connectivity index (χ3v) is 5.56. The zero-order valence-electron chi connectivity index (χ0n) is 11.2. The van der Waals surface area contributed by atoms with E-state index in [4.69, 9.17) is 0 Å². The Morgan fingerprint density at radius 2 is 2.00 bits per heavy atom. The molecule has 0 aliphatic rings. The van der Waals surface area contributed by atoms with Crippen LogP contribution in [-0.4, -0.2) is 24.7 Å². The fourth-order valence-electron chi connectivity index (χ4n) is 1.96. The first kappa shape index (κ1) is 13.6. The zero-order valence-corrected chi connectivity index (χ0v) is 13.6. The predicted molar refractivity (Wildman–Crippen MR) is 88.7 cm³/mol. The summed E-state index contributed by atoms with van der Waals surface area (Å²) in [6.07, 6.45) is 5.36. The smallest absolute Gasteiger partial charge is 0.203 e. The van der Waals surface area contributed by atoms with Crippen molar-refractivity contribution in [2.45, 2.75) is 9.50 Å². The molecule has 108 valence electrons. The Morgan fingerprint density at radius 3 is 2.73 bits per heavy atom. The van der Waals surface area contributed by atoms with Gasteiger partial charge in [-0.2, -0.15) is 0 Å². The Kier molecular flexibility index (Phi) is 3.71. The van der Waals surface area contributed by atoms with Crippen LogP contribution in [0, 0.1) is 0 Å². The maximum atomic E-state index is 4.37. The summed E-state index contributed by atoms with van der Waals surface area (Å²) in [7, 11) is 0. The van der Waals surface area contributed by atoms with Gasteiger partial charge in [0.15, 0.2) is 10.2 Å². The molecule has 0 aliphatic carbocycles. The summed E-state index contributed by atoms with van der Waals surface area (Å²) in [5.74, 6) is 0.821. The number of thiazole rings is 1. The van der Waals surface area contributed by atoms with Crippen LogP contribution in [0.1, 0.15) is 0 Å². The Hall–Kier alpha value is -2.03. The molecule has 0 aliphatic heterocycles. The van der Waals surface area contributed by atoms with Crippen molar-refractivity contribution in [3.8, 4) is 16.4 Å². The Labute approximate surface area is 138 Å². The molecule has 0 N–H and O–H groups in total. The molecule has 0 atom stereocenters. The molecule has 0 saturated carbocycles. The molecule has 8 heteroatoms. The standard InChI is InChI=1S/C14H9N5S3/c1-3-10(9-15-5-1)19-12(11-4-2-7-20-11)17-18-13(19)22-14-16-6-8-21-14/h1-9H. The van der Waals surface area contributed by atoms with Gasteiger partial charge < -0.3 is 0 Å². The maximum Gasteiger partial charge on any atom is 0.203 e. The highest BCUT2D eigenvalue weighted by Gasteiger charge is 2.18. The highest BCUT2D eigenvalue weighted by molar-refractivity contribution is 8.00. The quantitative estimate of drug-likeness (QED) is 0.560. The van der Waals surface area contributed by atoms with Crippen molar-refractivity contribution in [2.24, 2.45) is 0 Å². The van der Waals surface area contributed by atoms with E-state index in [-0.39, 0.29) is 0 Å². The van der Waals surface area contributed by atoms with Gasteiger partial charge in [-0.25, -0.2) is 4.98 Å². The number of hydrogen-bond donors (Lipinski definition) is 0. The average Bonchev–Trinajstić information content (AvgIpc) is 3.30. The lowest BCUT2D eigenvalue weighted by Gasteiger charge is -2.07. The Morgan fingerprint density at radius 1 is 1.00 bits per heavy atom. The second-order valence-corrected chi connectivity index (χ2v) is 7.29. The van der Waals surface area contributed by atoms with Crippen molar-refractivity contribution in [1.29, 1.82) is 0 Å². The van der Waals surface area contributed by atoms with Gasteiger partial charge in [-0.05, 0) is 35.3 Å². The van der Waals surface area contributed by atoms with Crippen LogP contribution in [0.2, 0.25) is 0 Å². The maximum absolute atomic E-state index is 4.37. The lowest BCUT2D eigenvalue weighted by Crippen LogP contribution is -1.99. The van der Waals surface area contributed by atoms with E-state index < -0.39 is 0 Å². The number of hydrogen-bond acceptors (Lipinski definition) is 7. The minimum atomic E-state index is 0.784. The molecule has 5 nitrogen and oxygen atoms in total. The van der Waals surface area contributed by atoms with Crippen LogP contribution in [-0.2, 0) is 0 Å². The molecular formula is C14H9N5S3. The van der Waals surface area contributed by atoms with Gasteiger partial charge >= 0.3 is 0 Å². The van der Waals surface area contributed by atoms with Crippen LogP contribution >= 0.6 is 34.4 Å². The lowest BCUT2D eigenvalue weighted by molar-refractivity contribution is 0.881. The van der Waals surface area contributed by atoms with E-state index in [0.717, 1.165) is 25.9 Å². The Balaban J connectivity index is 1.85. The topological polar surface area (TPSA) is 56.5 Å². The van der Waals surface area contributed by atoms with Crippen molar-refractivity contribution in [2.75, 3.05) is 0 Å². The van der Waals surface area contributed by atoms with E-state index in [1.165, 1.54) is 11.8 Å². The third-order valence-electron chi connectivity index (χ3n) is 2.87. The van der Waals surface area contributed by atoms with Crippen LogP contribution in [0.3, 0.4) is 0 Å². The number of aromatic nitrogens is 5. The van der Waals surface area contributed by atoms with E-state index >= 15 is 0 Å². The highest BCUT2D eigenvalue weighted by atomic mass is 32.2. The van der Waals surface area contributed by atoms with Gasteiger partial charge in [-0.1, -0.05) is 6.07 Å². The number of nitrogens with zero attached hydrogens (tertiary/aromatic N) is 5. The molecule has 0 aromatic carbocycles. The summed E-state index contributed by atoms with van der Waals surface area (Å²) in [5, 5.41) is 13.5. The van der Waals surface area contributed by atoms with Crippen LogP contribution < -0.4 is 0 Å². The van der Waals surface area contributed by atoms with E-state index in [1.54, 1.807) is 35.1 Å². The van der Waals surface area contributed by atoms with Gasteiger partial charge in [-0.3, -0.25) is 9.55 Å². The second-order valence-electron chi connectivity index (χ2n) is 4.23. The molecule has 4 heterocycles. The predicted octanol–water partition coefficient (Wildman–Crippen LogP) is 4.00. The van der Waals surface area contributed by atoms with Gasteiger partial charge in [0.2, 0.25) is 5.16 Å². The van der Waals surface area contributed by atoms with Gasteiger partial charge in [0.05, 0.1) is 16.8 Å². The summed E-state index contributed by atoms with van der Waals surface area (Å²) in [4.78, 5) is 9.58. The summed E-state index contributed by atoms with van der Waals surface area (Å²) in [5.41, 5.74) is 0.940. The minimum Gasteiger partial charge on any atom is -0.267 e. The van der Waals surface area contributed by atoms with Gasteiger partial charge in [0.1, 0.15) is 0 Å². The summed E-state index contributed by atoms with van der Waals surface area (Å²) in [6, 6.07) is 7.96. The molecule has 0 bridgehead atoms. The van der Waals surface area contributed by atoms with Gasteiger partial charge in [0, 0.05) is 17.8 Å². The van der Waals surface area contributed by atoms with Crippen molar-refractivity contribution in [1.82, 2.24) is 24.7 Å². The first-order chi connectivity index (χ1) is 10.9. The van der Waals surface area contributed by atoms with Crippen molar-refractivity contribution in [3.63, 3.8) is 0 Å². The number of rotatable bonds is 4. The van der Waals surface area contributed by atoms with Crippen molar-refractivity contribution in [3.05, 3.63) is 53.6 Å². The SMILES string of the molecule is c1cncc(-n2c(Sc3nccs3)nnc2-c2cccs2)c1. The summed E-state index contributed by atoms with van der Waals surface area (Å²) < 4.78 is 2.96. The van der Waals surface area contributed by atoms with E-state index in [2.05, 4.69) is 20.2 Å². The fraction of sp³-hybridized carbons (Fsp3) is 0. The minimum absolute atomic E-state index is 0.784. The summed E-state index contributed by atoms with van der Waals surface area (Å²) in [6.45, 7) is 0. The molecule has 0 spiro atoms. The Bertz CT molecular complexity index is 853. The largest absolute Gasteiger partial charge is 0.267 e. The van der Waals surface area contributed by atoms with Crippen LogP contribution in [0.15, 0.2) is 63.1 Å². The number of thiophene rings is 1. The first-order valence-corrected chi connectivity index (χ1v) is 8.96. The zero-order chi connectivity index (χ0) is 14.8. The summed E-state index contributed by atoms with van der Waals surface area (Å²) >= 11 is 4.73. The normalized spacial score (nSPS) is 10.9. The van der Waals surface area contributed by atoms with E-state index in [9.17, 15) is 0 Å². The van der Waals surface area contributed by atoms with Crippen LogP contribution in [0.4, 0.5) is 0 Å². The molecule has 0 unspecified atom stereocenters. The first-order valence-electron chi connectivity index (χ1n) is 6.39. The highest BCUT2D eigenvalue weighted by Crippen LogP contribution is 2.34. The van der Waals surface area contributed by atoms with Gasteiger partial charge in [-0.15, -0.1) is 32.9 Å². The third kappa shape index (κ3) is 2.56. The van der Waals surface area contributed by atoms with Crippen molar-refractivity contribution >= 4 is 34.4 Å². The van der Waals surface area contributed by atoms with Crippen LogP contribution in [0.5, 0.6) is 0 Å². The van der Waals surface area contributed by atoms with E-state index in [0.29, 0.717) is 0 Å². The van der Waals surface area contributed by atoms with E-state index in [1.807, 2.05) is 45.8 Å². The second kappa shape index (κ2) is 5.99. The van der Waals surface area contributed by atoms with Gasteiger partial charge in [0.25, 0.3) is 0 Å². The molecule has 0 radical (unpaired) electrons. The monoisotopic (exact) mass is 343 g/mol. The molecule has 22 heavy (non-hydrogen) atoms. The lowest BCUT2D eigenvalue weighted by atomic mass is 10.4. The van der Waals surface area contributed by atoms with Crippen LogP contribution in [0.25, 0.3) is 16.4 Å². The fourth-order valence-corrected chi connectivity index (χ4v) is 4.23. The molecule has 0 saturated heterocycles. The molecule has 0 fully saturated rings. The molecule has 0 amide bonds. The molecular weight excluding hydrogens is 334 g/mol. The molecule has 4 rings (SSSR count). The van der Waals surface area contributed by atoms with Crippen molar-refractivity contribution < 1.29 is 0 Å². The molecule has 4 aromatic rings. The number of pyridine rings is 1. The molecule has 4 aromatic heterocycles. The average molecular weight is 343 g/mol.